The van der Waals surface area contributed by atoms with Gasteiger partial charge in [0.1, 0.15) is 5.69 Å². The SMILES string of the molecule is O=C(c1cncn1-c1ccccc1)N1CCN(S(=O)(=O)c2ccc(Cl)c(C(F)(F)F)c2)CC1. The molecule has 0 unspecified atom stereocenters. The highest BCUT2D eigenvalue weighted by molar-refractivity contribution is 7.89. The summed E-state index contributed by atoms with van der Waals surface area (Å²) in [7, 11) is -4.20. The number of benzene rings is 2. The van der Waals surface area contributed by atoms with E-state index in [9.17, 15) is 26.4 Å². The van der Waals surface area contributed by atoms with Crippen molar-refractivity contribution >= 4 is 27.5 Å². The normalized spacial score (nSPS) is 15.6. The van der Waals surface area contributed by atoms with Crippen molar-refractivity contribution in [3.63, 3.8) is 0 Å². The molecular formula is C21H18ClF3N4O3S. The van der Waals surface area contributed by atoms with Gasteiger partial charge in [-0.2, -0.15) is 17.5 Å². The first-order valence-corrected chi connectivity index (χ1v) is 11.6. The molecule has 1 amide bonds. The summed E-state index contributed by atoms with van der Waals surface area (Å²) in [5.74, 6) is -0.320. The van der Waals surface area contributed by atoms with Gasteiger partial charge in [-0.25, -0.2) is 13.4 Å². The minimum atomic E-state index is -4.78. The highest BCUT2D eigenvalue weighted by Crippen LogP contribution is 2.36. The lowest BCUT2D eigenvalue weighted by molar-refractivity contribution is -0.137. The summed E-state index contributed by atoms with van der Waals surface area (Å²) in [6.45, 7) is 0.0462. The number of alkyl halides is 3. The minimum Gasteiger partial charge on any atom is -0.335 e. The number of hydrogen-bond acceptors (Lipinski definition) is 4. The second-order valence-corrected chi connectivity index (χ2v) is 9.67. The highest BCUT2D eigenvalue weighted by atomic mass is 35.5. The van der Waals surface area contributed by atoms with E-state index in [2.05, 4.69) is 4.98 Å². The lowest BCUT2D eigenvalue weighted by Gasteiger charge is -2.34. The molecule has 3 aromatic rings. The molecule has 0 radical (unpaired) electrons. The summed E-state index contributed by atoms with van der Waals surface area (Å²) in [6.07, 6.45) is -1.83. The van der Waals surface area contributed by atoms with Crippen LogP contribution in [0.25, 0.3) is 5.69 Å². The van der Waals surface area contributed by atoms with Crippen molar-refractivity contribution in [2.24, 2.45) is 0 Å². The number of amides is 1. The largest absolute Gasteiger partial charge is 0.417 e. The number of piperazine rings is 1. The van der Waals surface area contributed by atoms with Crippen LogP contribution >= 0.6 is 11.6 Å². The summed E-state index contributed by atoms with van der Waals surface area (Å²) >= 11 is 5.60. The van der Waals surface area contributed by atoms with Crippen LogP contribution in [-0.4, -0.2) is 59.3 Å². The number of imidazole rings is 1. The van der Waals surface area contributed by atoms with E-state index in [0.717, 1.165) is 22.1 Å². The van der Waals surface area contributed by atoms with Crippen LogP contribution in [0.15, 0.2) is 66.0 Å². The molecule has 1 aromatic heterocycles. The standard InChI is InChI=1S/C21H18ClF3N4O3S/c22-18-7-6-16(12-17(18)21(23,24)25)33(31,32)28-10-8-27(9-11-28)20(30)19-13-26-14-29(19)15-4-2-1-3-5-15/h1-7,12-14H,8-11H2. The molecule has 0 bridgehead atoms. The Morgan fingerprint density at radius 1 is 1.00 bits per heavy atom. The van der Waals surface area contributed by atoms with Crippen LogP contribution in [0.4, 0.5) is 13.2 Å². The predicted molar refractivity (Wildman–Crippen MR) is 115 cm³/mol. The molecule has 1 saturated heterocycles. The second-order valence-electron chi connectivity index (χ2n) is 7.32. The van der Waals surface area contributed by atoms with Crippen LogP contribution in [-0.2, 0) is 16.2 Å². The van der Waals surface area contributed by atoms with E-state index in [0.29, 0.717) is 11.8 Å². The first-order valence-electron chi connectivity index (χ1n) is 9.83. The number of carbonyl (C=O) groups excluding carboxylic acids is 1. The fourth-order valence-electron chi connectivity index (χ4n) is 3.57. The molecule has 1 fully saturated rings. The third-order valence-electron chi connectivity index (χ3n) is 5.30. The van der Waals surface area contributed by atoms with Gasteiger partial charge in [-0.15, -0.1) is 0 Å². The first kappa shape index (κ1) is 23.3. The van der Waals surface area contributed by atoms with Crippen molar-refractivity contribution in [1.82, 2.24) is 18.8 Å². The number of nitrogens with zero attached hydrogens (tertiary/aromatic N) is 4. The Hall–Kier alpha value is -2.89. The average Bonchev–Trinajstić information content (AvgIpc) is 3.28. The number of carbonyl (C=O) groups is 1. The molecule has 0 atom stereocenters. The van der Waals surface area contributed by atoms with Crippen molar-refractivity contribution < 1.29 is 26.4 Å². The van der Waals surface area contributed by atoms with Gasteiger partial charge in [-0.3, -0.25) is 9.36 Å². The number of hydrogen-bond donors (Lipinski definition) is 0. The predicted octanol–water partition coefficient (Wildman–Crippen LogP) is 3.69. The Balaban J connectivity index is 1.50. The third-order valence-corrected chi connectivity index (χ3v) is 7.52. The van der Waals surface area contributed by atoms with E-state index in [1.54, 1.807) is 4.57 Å². The molecule has 12 heteroatoms. The molecule has 2 heterocycles. The van der Waals surface area contributed by atoms with E-state index < -0.39 is 31.7 Å². The molecular weight excluding hydrogens is 481 g/mol. The van der Waals surface area contributed by atoms with Gasteiger partial charge in [0.05, 0.1) is 28.0 Å². The van der Waals surface area contributed by atoms with E-state index >= 15 is 0 Å². The second kappa shape index (κ2) is 8.81. The zero-order valence-electron chi connectivity index (χ0n) is 17.0. The van der Waals surface area contributed by atoms with Gasteiger partial charge in [0.25, 0.3) is 5.91 Å². The average molecular weight is 499 g/mol. The summed E-state index contributed by atoms with van der Waals surface area (Å²) in [5.41, 5.74) is -0.138. The molecule has 1 aliphatic rings. The van der Waals surface area contributed by atoms with Crippen LogP contribution in [0.1, 0.15) is 16.1 Å². The molecule has 2 aromatic carbocycles. The van der Waals surface area contributed by atoms with Crippen LogP contribution < -0.4 is 0 Å². The van der Waals surface area contributed by atoms with Crippen LogP contribution in [0.2, 0.25) is 5.02 Å². The van der Waals surface area contributed by atoms with Gasteiger partial charge in [-0.1, -0.05) is 29.8 Å². The zero-order chi connectivity index (χ0) is 23.8. The molecule has 4 rings (SSSR count). The fourth-order valence-corrected chi connectivity index (χ4v) is 5.25. The molecule has 0 N–H and O–H groups in total. The maximum atomic E-state index is 13.1. The van der Waals surface area contributed by atoms with Gasteiger partial charge in [0, 0.05) is 31.9 Å². The van der Waals surface area contributed by atoms with Crippen molar-refractivity contribution in [3.8, 4) is 5.69 Å². The van der Waals surface area contributed by atoms with Crippen molar-refractivity contribution in [2.75, 3.05) is 26.2 Å². The van der Waals surface area contributed by atoms with Gasteiger partial charge in [-0.05, 0) is 30.3 Å². The van der Waals surface area contributed by atoms with Crippen molar-refractivity contribution in [3.05, 3.63) is 77.3 Å². The Morgan fingerprint density at radius 2 is 1.67 bits per heavy atom. The Labute approximate surface area is 193 Å². The highest BCUT2D eigenvalue weighted by Gasteiger charge is 2.36. The maximum Gasteiger partial charge on any atom is 0.417 e. The summed E-state index contributed by atoms with van der Waals surface area (Å²) < 4.78 is 68.0. The monoisotopic (exact) mass is 498 g/mol. The molecule has 0 saturated carbocycles. The number of sulfonamides is 1. The van der Waals surface area contributed by atoms with Crippen molar-refractivity contribution in [2.45, 2.75) is 11.1 Å². The molecule has 7 nitrogen and oxygen atoms in total. The Bertz CT molecular complexity index is 1270. The van der Waals surface area contributed by atoms with Crippen LogP contribution in [0, 0.1) is 0 Å². The molecule has 1 aliphatic heterocycles. The molecule has 0 aliphatic carbocycles. The quantitative estimate of drug-likeness (QED) is 0.550. The Morgan fingerprint density at radius 3 is 2.30 bits per heavy atom. The van der Waals surface area contributed by atoms with Gasteiger partial charge in [0.15, 0.2) is 0 Å². The molecule has 33 heavy (non-hydrogen) atoms. The number of halogens is 4. The van der Waals surface area contributed by atoms with Gasteiger partial charge >= 0.3 is 6.18 Å². The fraction of sp³-hybridized carbons (Fsp3) is 0.238. The van der Waals surface area contributed by atoms with E-state index in [-0.39, 0.29) is 32.1 Å². The van der Waals surface area contributed by atoms with E-state index in [1.807, 2.05) is 30.3 Å². The lowest BCUT2D eigenvalue weighted by Crippen LogP contribution is -2.50. The number of rotatable bonds is 4. The van der Waals surface area contributed by atoms with Gasteiger partial charge < -0.3 is 4.90 Å². The van der Waals surface area contributed by atoms with Crippen LogP contribution in [0.5, 0.6) is 0 Å². The van der Waals surface area contributed by atoms with Crippen LogP contribution in [0.3, 0.4) is 0 Å². The zero-order valence-corrected chi connectivity index (χ0v) is 18.6. The van der Waals surface area contributed by atoms with E-state index in [4.69, 9.17) is 11.6 Å². The van der Waals surface area contributed by atoms with Gasteiger partial charge in [0.2, 0.25) is 10.0 Å². The number of aromatic nitrogens is 2. The first-order chi connectivity index (χ1) is 15.6. The smallest absolute Gasteiger partial charge is 0.335 e. The van der Waals surface area contributed by atoms with E-state index in [1.165, 1.54) is 17.4 Å². The third kappa shape index (κ3) is 4.61. The Kier molecular flexibility index (Phi) is 6.21. The summed E-state index contributed by atoms with van der Waals surface area (Å²) in [5, 5.41) is -0.577. The molecule has 174 valence electrons. The molecule has 0 spiro atoms. The number of para-hydroxylation sites is 1. The topological polar surface area (TPSA) is 75.5 Å². The maximum absolute atomic E-state index is 13.1. The van der Waals surface area contributed by atoms with Crippen molar-refractivity contribution in [1.29, 1.82) is 0 Å². The minimum absolute atomic E-state index is 0.0580. The summed E-state index contributed by atoms with van der Waals surface area (Å²) in [6, 6.07) is 11.6. The summed E-state index contributed by atoms with van der Waals surface area (Å²) in [4.78, 5) is 18.1. The lowest BCUT2D eigenvalue weighted by atomic mass is 10.2.